The molecule has 0 saturated carbocycles. The number of carbonyl (C=O) groups is 1. The minimum Gasteiger partial charge on any atom is -0.340 e. The molecule has 2 aromatic rings. The zero-order valence-corrected chi connectivity index (χ0v) is 15.0. The van der Waals surface area contributed by atoms with Crippen molar-refractivity contribution in [3.63, 3.8) is 0 Å². The molecule has 25 heavy (non-hydrogen) atoms. The van der Waals surface area contributed by atoms with E-state index < -0.39 is 0 Å². The number of rotatable bonds is 4. The third-order valence-corrected chi connectivity index (χ3v) is 5.22. The zero-order valence-electron chi connectivity index (χ0n) is 15.0. The Labute approximate surface area is 148 Å². The van der Waals surface area contributed by atoms with Gasteiger partial charge in [0.1, 0.15) is 0 Å². The largest absolute Gasteiger partial charge is 0.340 e. The summed E-state index contributed by atoms with van der Waals surface area (Å²) in [5, 5.41) is 12.5. The molecule has 7 heteroatoms. The monoisotopic (exact) mass is 342 g/mol. The first-order valence-corrected chi connectivity index (χ1v) is 9.17. The van der Waals surface area contributed by atoms with Gasteiger partial charge < -0.3 is 10.2 Å². The summed E-state index contributed by atoms with van der Waals surface area (Å²) in [6, 6.07) is 4.53. The molecule has 1 amide bonds. The highest BCUT2D eigenvalue weighted by Gasteiger charge is 2.28. The van der Waals surface area contributed by atoms with E-state index in [9.17, 15) is 4.79 Å². The molecule has 0 bridgehead atoms. The number of fused-ring (bicyclic) bond motifs is 1. The minimum absolute atomic E-state index is 0.230. The first kappa shape index (κ1) is 16.3. The molecule has 0 spiro atoms. The van der Waals surface area contributed by atoms with Crippen molar-refractivity contribution in [2.24, 2.45) is 0 Å². The lowest BCUT2D eigenvalue weighted by molar-refractivity contribution is -0.130. The van der Waals surface area contributed by atoms with Gasteiger partial charge in [0.05, 0.1) is 29.7 Å². The van der Waals surface area contributed by atoms with E-state index in [2.05, 4.69) is 43.9 Å². The summed E-state index contributed by atoms with van der Waals surface area (Å²) in [6.45, 7) is 8.45. The number of hydrogen-bond donors (Lipinski definition) is 1. The maximum absolute atomic E-state index is 12.6. The lowest BCUT2D eigenvalue weighted by Gasteiger charge is -2.17. The molecular formula is C18H26N6O. The van der Waals surface area contributed by atoms with Crippen molar-refractivity contribution in [1.29, 1.82) is 0 Å². The van der Waals surface area contributed by atoms with Crippen LogP contribution in [0.2, 0.25) is 0 Å². The van der Waals surface area contributed by atoms with E-state index in [0.29, 0.717) is 12.5 Å². The van der Waals surface area contributed by atoms with Crippen LogP contribution in [-0.2, 0) is 24.3 Å². The topological polar surface area (TPSA) is 68.0 Å². The Kier molecular flexibility index (Phi) is 4.33. The van der Waals surface area contributed by atoms with Crippen molar-refractivity contribution in [2.45, 2.75) is 52.2 Å². The minimum atomic E-state index is 0.230. The summed E-state index contributed by atoms with van der Waals surface area (Å²) >= 11 is 0. The second-order valence-corrected chi connectivity index (χ2v) is 7.18. The fourth-order valence-corrected chi connectivity index (χ4v) is 3.95. The number of nitrogens with zero attached hydrogens (tertiary/aromatic N) is 5. The molecule has 4 rings (SSSR count). The van der Waals surface area contributed by atoms with Crippen LogP contribution in [-0.4, -0.2) is 50.0 Å². The summed E-state index contributed by atoms with van der Waals surface area (Å²) < 4.78 is 4.14. The lowest BCUT2D eigenvalue weighted by atomic mass is 10.2. The quantitative estimate of drug-likeness (QED) is 0.907. The molecule has 134 valence electrons. The van der Waals surface area contributed by atoms with Gasteiger partial charge in [-0.25, -0.2) is 0 Å². The Balaban J connectivity index is 1.33. The van der Waals surface area contributed by atoms with Crippen LogP contribution in [0.25, 0.3) is 0 Å². The molecule has 0 aromatic carbocycles. The molecule has 0 aliphatic carbocycles. The molecule has 1 atom stereocenters. The van der Waals surface area contributed by atoms with Crippen LogP contribution in [0.4, 0.5) is 0 Å². The van der Waals surface area contributed by atoms with Gasteiger partial charge in [-0.2, -0.15) is 10.2 Å². The van der Waals surface area contributed by atoms with Gasteiger partial charge in [0, 0.05) is 44.7 Å². The molecule has 1 saturated heterocycles. The van der Waals surface area contributed by atoms with E-state index >= 15 is 0 Å². The van der Waals surface area contributed by atoms with Crippen LogP contribution in [0.1, 0.15) is 41.7 Å². The summed E-state index contributed by atoms with van der Waals surface area (Å²) in [6.07, 6.45) is 2.24. The van der Waals surface area contributed by atoms with Gasteiger partial charge in [-0.1, -0.05) is 0 Å². The van der Waals surface area contributed by atoms with E-state index in [1.165, 1.54) is 11.4 Å². The normalized spacial score (nSPS) is 20.1. The van der Waals surface area contributed by atoms with Crippen LogP contribution in [0.5, 0.6) is 0 Å². The number of nitrogens with one attached hydrogen (secondary N) is 1. The first-order chi connectivity index (χ1) is 12.1. The SMILES string of the molecule is Cc1cc(C)n(C2CCN(C(=O)CCc3cc4n(n3)CCNC4)C2)n1. The molecule has 1 fully saturated rings. The van der Waals surface area contributed by atoms with Gasteiger partial charge in [0.15, 0.2) is 0 Å². The number of hydrogen-bond acceptors (Lipinski definition) is 4. The summed E-state index contributed by atoms with van der Waals surface area (Å²) in [7, 11) is 0. The molecular weight excluding hydrogens is 316 g/mol. The van der Waals surface area contributed by atoms with Crippen molar-refractivity contribution >= 4 is 5.91 Å². The van der Waals surface area contributed by atoms with Gasteiger partial charge in [-0.05, 0) is 32.4 Å². The first-order valence-electron chi connectivity index (χ1n) is 9.17. The predicted molar refractivity (Wildman–Crippen MR) is 94.2 cm³/mol. The highest BCUT2D eigenvalue weighted by atomic mass is 16.2. The van der Waals surface area contributed by atoms with Crippen molar-refractivity contribution < 1.29 is 4.79 Å². The highest BCUT2D eigenvalue weighted by molar-refractivity contribution is 5.76. The smallest absolute Gasteiger partial charge is 0.223 e. The Morgan fingerprint density at radius 2 is 2.16 bits per heavy atom. The van der Waals surface area contributed by atoms with E-state index in [-0.39, 0.29) is 5.91 Å². The number of carbonyl (C=O) groups excluding carboxylic acids is 1. The van der Waals surface area contributed by atoms with E-state index in [1.807, 2.05) is 11.8 Å². The number of likely N-dealkylation sites (tertiary alicyclic amines) is 1. The van der Waals surface area contributed by atoms with Crippen LogP contribution in [0.15, 0.2) is 12.1 Å². The lowest BCUT2D eigenvalue weighted by Crippen LogP contribution is -2.29. The average Bonchev–Trinajstić information content (AvgIpc) is 3.30. The van der Waals surface area contributed by atoms with Gasteiger partial charge in [-0.15, -0.1) is 0 Å². The maximum atomic E-state index is 12.6. The number of aromatic nitrogens is 4. The van der Waals surface area contributed by atoms with Crippen LogP contribution >= 0.6 is 0 Å². The van der Waals surface area contributed by atoms with Crippen molar-refractivity contribution in [2.75, 3.05) is 19.6 Å². The van der Waals surface area contributed by atoms with Gasteiger partial charge in [0.25, 0.3) is 0 Å². The van der Waals surface area contributed by atoms with Gasteiger partial charge in [0.2, 0.25) is 5.91 Å². The second-order valence-electron chi connectivity index (χ2n) is 7.18. The van der Waals surface area contributed by atoms with E-state index in [0.717, 1.165) is 57.0 Å². The Bertz CT molecular complexity index is 753. The molecule has 2 aliphatic heterocycles. The highest BCUT2D eigenvalue weighted by Crippen LogP contribution is 2.24. The van der Waals surface area contributed by atoms with Crippen LogP contribution < -0.4 is 5.32 Å². The van der Waals surface area contributed by atoms with Crippen LogP contribution in [0.3, 0.4) is 0 Å². The van der Waals surface area contributed by atoms with Crippen molar-refractivity contribution in [3.8, 4) is 0 Å². The second kappa shape index (κ2) is 6.63. The number of aryl methyl sites for hydroxylation is 3. The fourth-order valence-electron chi connectivity index (χ4n) is 3.95. The van der Waals surface area contributed by atoms with Crippen LogP contribution in [0, 0.1) is 13.8 Å². The van der Waals surface area contributed by atoms with E-state index in [1.54, 1.807) is 0 Å². The van der Waals surface area contributed by atoms with E-state index in [4.69, 9.17) is 0 Å². The summed E-state index contributed by atoms with van der Waals surface area (Å²) in [4.78, 5) is 14.6. The third-order valence-electron chi connectivity index (χ3n) is 5.22. The number of amides is 1. The van der Waals surface area contributed by atoms with Crippen molar-refractivity contribution in [3.05, 3.63) is 34.9 Å². The van der Waals surface area contributed by atoms with Gasteiger partial charge in [-0.3, -0.25) is 14.2 Å². The van der Waals surface area contributed by atoms with Gasteiger partial charge >= 0.3 is 0 Å². The maximum Gasteiger partial charge on any atom is 0.223 e. The molecule has 0 radical (unpaired) electrons. The third kappa shape index (κ3) is 3.33. The fraction of sp³-hybridized carbons (Fsp3) is 0.611. The van der Waals surface area contributed by atoms with Crippen molar-refractivity contribution in [1.82, 2.24) is 29.8 Å². The zero-order chi connectivity index (χ0) is 17.4. The molecule has 4 heterocycles. The standard InChI is InChI=1S/C18H26N6O/c1-13-9-14(2)24(20-13)16-5-7-22(12-16)18(25)4-3-15-10-17-11-19-6-8-23(17)21-15/h9-10,16,19H,3-8,11-12H2,1-2H3. The Morgan fingerprint density at radius 3 is 2.92 bits per heavy atom. The predicted octanol–water partition coefficient (Wildman–Crippen LogP) is 1.21. The summed E-state index contributed by atoms with van der Waals surface area (Å²) in [5.41, 5.74) is 4.47. The Hall–Kier alpha value is -2.15. The molecule has 2 aromatic heterocycles. The Morgan fingerprint density at radius 1 is 1.28 bits per heavy atom. The summed E-state index contributed by atoms with van der Waals surface area (Å²) in [5.74, 6) is 0.230. The average molecular weight is 342 g/mol. The molecule has 7 nitrogen and oxygen atoms in total. The molecule has 1 unspecified atom stereocenters. The molecule has 1 N–H and O–H groups in total. The molecule has 2 aliphatic rings.